The van der Waals surface area contributed by atoms with Crippen LogP contribution >= 0.6 is 15.9 Å². The van der Waals surface area contributed by atoms with E-state index in [4.69, 9.17) is 14.4 Å². The van der Waals surface area contributed by atoms with Crippen molar-refractivity contribution in [1.29, 1.82) is 0 Å². The lowest BCUT2D eigenvalue weighted by Gasteiger charge is -2.30. The van der Waals surface area contributed by atoms with E-state index in [9.17, 15) is 4.79 Å². The average molecular weight is 624 g/mol. The van der Waals surface area contributed by atoms with Crippen LogP contribution in [0.15, 0.2) is 100 Å². The Morgan fingerprint density at radius 3 is 2.02 bits per heavy atom. The Labute approximate surface area is 256 Å². The number of aromatic nitrogens is 2. The predicted molar refractivity (Wildman–Crippen MR) is 173 cm³/mol. The molecule has 3 heterocycles. The number of rotatable bonds is 8. The van der Waals surface area contributed by atoms with Crippen molar-refractivity contribution in [2.75, 3.05) is 23.9 Å². The third-order valence-corrected chi connectivity index (χ3v) is 7.98. The second-order valence-corrected chi connectivity index (χ2v) is 11.8. The molecular formula is C35H35BrN4O2. The molecule has 3 aromatic heterocycles. The second-order valence-electron chi connectivity index (χ2n) is 10.9. The van der Waals surface area contributed by atoms with E-state index in [1.807, 2.05) is 96.5 Å². The molecule has 5 rings (SSSR count). The summed E-state index contributed by atoms with van der Waals surface area (Å²) in [5.74, 6) is 1.77. The molecule has 0 spiro atoms. The smallest absolute Gasteiger partial charge is 0.237 e. The molecule has 0 radical (unpaired) electrons. The monoisotopic (exact) mass is 622 g/mol. The Balaban J connectivity index is 1.59. The highest BCUT2D eigenvalue weighted by Crippen LogP contribution is 2.38. The van der Waals surface area contributed by atoms with Gasteiger partial charge in [-0.1, -0.05) is 49.4 Å². The van der Waals surface area contributed by atoms with E-state index in [0.717, 1.165) is 49.5 Å². The largest absolute Gasteiger partial charge is 0.466 e. The van der Waals surface area contributed by atoms with Crippen LogP contribution in [0.2, 0.25) is 0 Å². The number of nitrogens with zero attached hydrogens (tertiary/aromatic N) is 4. The molecule has 0 bridgehead atoms. The molecule has 0 saturated carbocycles. The minimum Gasteiger partial charge on any atom is -0.466 e. The van der Waals surface area contributed by atoms with Gasteiger partial charge in [0.25, 0.3) is 0 Å². The molecule has 0 aliphatic rings. The molecule has 214 valence electrons. The van der Waals surface area contributed by atoms with Crippen molar-refractivity contribution >= 4 is 39.2 Å². The summed E-state index contributed by atoms with van der Waals surface area (Å²) in [7, 11) is 4.05. The molecule has 2 aromatic carbocycles. The van der Waals surface area contributed by atoms with Gasteiger partial charge in [0.15, 0.2) is 0 Å². The van der Waals surface area contributed by atoms with Gasteiger partial charge in [0.1, 0.15) is 23.2 Å². The minimum absolute atomic E-state index is 0.116. The molecule has 0 aliphatic heterocycles. The van der Waals surface area contributed by atoms with Crippen molar-refractivity contribution in [3.8, 4) is 11.1 Å². The summed E-state index contributed by atoms with van der Waals surface area (Å²) in [5.41, 5.74) is 5.91. The van der Waals surface area contributed by atoms with Gasteiger partial charge in [-0.3, -0.25) is 4.79 Å². The molecule has 2 atom stereocenters. The Kier molecular flexibility index (Phi) is 8.59. The first kappa shape index (κ1) is 29.3. The minimum atomic E-state index is -0.484. The number of amides is 1. The number of pyridine rings is 2. The van der Waals surface area contributed by atoms with E-state index in [0.29, 0.717) is 11.6 Å². The third kappa shape index (κ3) is 6.02. The second kappa shape index (κ2) is 12.3. The van der Waals surface area contributed by atoms with Crippen molar-refractivity contribution in [1.82, 2.24) is 9.97 Å². The number of benzene rings is 2. The van der Waals surface area contributed by atoms with Gasteiger partial charge in [-0.25, -0.2) is 14.9 Å². The van der Waals surface area contributed by atoms with Gasteiger partial charge >= 0.3 is 0 Å². The van der Waals surface area contributed by atoms with Crippen LogP contribution in [0.4, 0.5) is 17.3 Å². The number of furan rings is 1. The Bertz CT molecular complexity index is 1700. The van der Waals surface area contributed by atoms with Crippen LogP contribution in [0.5, 0.6) is 0 Å². The number of carbonyl (C=O) groups excluding carboxylic acids is 1. The molecule has 2 unspecified atom stereocenters. The summed E-state index contributed by atoms with van der Waals surface area (Å²) in [6.07, 6.45) is 3.55. The van der Waals surface area contributed by atoms with Crippen molar-refractivity contribution in [3.05, 3.63) is 124 Å². The highest BCUT2D eigenvalue weighted by atomic mass is 79.9. The zero-order valence-corrected chi connectivity index (χ0v) is 26.4. The molecule has 0 aliphatic carbocycles. The van der Waals surface area contributed by atoms with Gasteiger partial charge in [-0.05, 0) is 95.4 Å². The van der Waals surface area contributed by atoms with Crippen LogP contribution in [0.1, 0.15) is 41.1 Å². The fourth-order valence-corrected chi connectivity index (χ4v) is 5.76. The van der Waals surface area contributed by atoms with Crippen LogP contribution in [0.3, 0.4) is 0 Å². The van der Waals surface area contributed by atoms with E-state index in [2.05, 4.69) is 51.2 Å². The summed E-state index contributed by atoms with van der Waals surface area (Å²) in [6, 6.07) is 26.3. The van der Waals surface area contributed by atoms with E-state index >= 15 is 0 Å². The highest BCUT2D eigenvalue weighted by molar-refractivity contribution is 9.10. The lowest BCUT2D eigenvalue weighted by Crippen LogP contribution is -2.36. The maximum Gasteiger partial charge on any atom is 0.237 e. The normalized spacial score (nSPS) is 12.5. The standard InChI is InChI=1S/C35H35BrN4O2/c1-22-18-28(26-13-15-30(16-14-26)39(5)6)20-37-33(22)40(34-23(2)19-29(36)21-38-34)35(41)25(4)32(27-10-8-7-9-11-27)31-17-12-24(3)42-31/h7-21,25,32H,1-6H3. The summed E-state index contributed by atoms with van der Waals surface area (Å²) in [5, 5.41) is 0. The zero-order chi connectivity index (χ0) is 30.0. The Morgan fingerprint density at radius 1 is 0.810 bits per heavy atom. The van der Waals surface area contributed by atoms with Crippen LogP contribution in [0, 0.1) is 26.7 Å². The molecule has 6 nitrogen and oxygen atoms in total. The van der Waals surface area contributed by atoms with Crippen molar-refractivity contribution in [2.24, 2.45) is 5.92 Å². The topological polar surface area (TPSA) is 62.5 Å². The van der Waals surface area contributed by atoms with Crippen molar-refractivity contribution in [3.63, 3.8) is 0 Å². The Hall–Kier alpha value is -4.23. The van der Waals surface area contributed by atoms with E-state index in [1.165, 1.54) is 0 Å². The van der Waals surface area contributed by atoms with Gasteiger partial charge in [-0.15, -0.1) is 0 Å². The van der Waals surface area contributed by atoms with Gasteiger partial charge < -0.3 is 9.32 Å². The predicted octanol–water partition coefficient (Wildman–Crippen LogP) is 8.62. The molecule has 7 heteroatoms. The molecule has 1 amide bonds. The summed E-state index contributed by atoms with van der Waals surface area (Å²) in [6.45, 7) is 7.82. The van der Waals surface area contributed by atoms with E-state index < -0.39 is 5.92 Å². The van der Waals surface area contributed by atoms with Crippen molar-refractivity contribution in [2.45, 2.75) is 33.6 Å². The van der Waals surface area contributed by atoms with Gasteiger partial charge in [0.05, 0.1) is 11.8 Å². The lowest BCUT2D eigenvalue weighted by molar-refractivity contribution is -0.121. The molecule has 0 N–H and O–H groups in total. The number of hydrogen-bond donors (Lipinski definition) is 0. The number of anilines is 3. The average Bonchev–Trinajstić information content (AvgIpc) is 3.40. The lowest BCUT2D eigenvalue weighted by atomic mass is 9.84. The van der Waals surface area contributed by atoms with Crippen LogP contribution < -0.4 is 9.80 Å². The summed E-state index contributed by atoms with van der Waals surface area (Å²) in [4.78, 5) is 28.0. The first-order valence-corrected chi connectivity index (χ1v) is 14.7. The number of hydrogen-bond acceptors (Lipinski definition) is 5. The van der Waals surface area contributed by atoms with Crippen LogP contribution in [-0.4, -0.2) is 30.0 Å². The molecular weight excluding hydrogens is 588 g/mol. The molecule has 0 saturated heterocycles. The van der Waals surface area contributed by atoms with Crippen molar-refractivity contribution < 1.29 is 9.21 Å². The Morgan fingerprint density at radius 2 is 1.45 bits per heavy atom. The molecule has 5 aromatic rings. The van der Waals surface area contributed by atoms with Crippen LogP contribution in [0.25, 0.3) is 11.1 Å². The van der Waals surface area contributed by atoms with Gasteiger partial charge in [-0.2, -0.15) is 0 Å². The maximum absolute atomic E-state index is 14.7. The fraction of sp³-hybridized carbons (Fsp3) is 0.229. The highest BCUT2D eigenvalue weighted by Gasteiger charge is 2.35. The number of aryl methyl sites for hydroxylation is 3. The third-order valence-electron chi connectivity index (χ3n) is 7.54. The zero-order valence-electron chi connectivity index (χ0n) is 24.8. The summed E-state index contributed by atoms with van der Waals surface area (Å²) >= 11 is 3.52. The van der Waals surface area contributed by atoms with E-state index in [-0.39, 0.29) is 11.8 Å². The SMILES string of the molecule is Cc1ccc(C(c2ccccc2)C(C)C(=O)N(c2ncc(Br)cc2C)c2ncc(-c3ccc(N(C)C)cc3)cc2C)o1. The summed E-state index contributed by atoms with van der Waals surface area (Å²) < 4.78 is 6.95. The number of carbonyl (C=O) groups is 1. The molecule has 42 heavy (non-hydrogen) atoms. The van der Waals surface area contributed by atoms with Gasteiger partial charge in [0, 0.05) is 42.2 Å². The first-order chi connectivity index (χ1) is 20.1. The van der Waals surface area contributed by atoms with E-state index in [1.54, 1.807) is 11.1 Å². The number of halogens is 1. The van der Waals surface area contributed by atoms with Crippen LogP contribution in [-0.2, 0) is 4.79 Å². The maximum atomic E-state index is 14.7. The molecule has 0 fully saturated rings. The quantitative estimate of drug-likeness (QED) is 0.173. The first-order valence-electron chi connectivity index (χ1n) is 14.0. The van der Waals surface area contributed by atoms with Gasteiger partial charge in [0.2, 0.25) is 5.91 Å². The fourth-order valence-electron chi connectivity index (χ4n) is 5.31.